The Morgan fingerprint density at radius 1 is 1.43 bits per heavy atom. The second-order valence-electron chi connectivity index (χ2n) is 4.87. The van der Waals surface area contributed by atoms with Crippen LogP contribution in [0.1, 0.15) is 32.6 Å². The van der Waals surface area contributed by atoms with Crippen LogP contribution in [0.2, 0.25) is 0 Å². The minimum Gasteiger partial charge on any atom is -0.312 e. The molecule has 1 saturated heterocycles. The predicted molar refractivity (Wildman–Crippen MR) is 60.4 cm³/mol. The average Bonchev–Trinajstić information content (AvgIpc) is 2.87. The summed E-state index contributed by atoms with van der Waals surface area (Å²) >= 11 is 0. The highest BCUT2D eigenvalue weighted by Gasteiger charge is 2.33. The lowest BCUT2D eigenvalue weighted by Gasteiger charge is -2.15. The fraction of sp³-hybridized carbons (Fsp3) is 0.833. The summed E-state index contributed by atoms with van der Waals surface area (Å²) in [4.78, 5) is 2.65. The van der Waals surface area contributed by atoms with Crippen molar-refractivity contribution in [1.82, 2.24) is 10.2 Å². The van der Waals surface area contributed by atoms with Crippen molar-refractivity contribution < 1.29 is 0 Å². The third-order valence-corrected chi connectivity index (χ3v) is 3.27. The van der Waals surface area contributed by atoms with Crippen LogP contribution < -0.4 is 5.32 Å². The molecule has 0 amide bonds. The van der Waals surface area contributed by atoms with Crippen LogP contribution in [-0.2, 0) is 0 Å². The van der Waals surface area contributed by atoms with E-state index >= 15 is 0 Å². The molecule has 2 rings (SSSR count). The molecule has 2 nitrogen and oxygen atoms in total. The quantitative estimate of drug-likeness (QED) is 0.671. The normalized spacial score (nSPS) is 28.2. The van der Waals surface area contributed by atoms with Crippen molar-refractivity contribution in [3.63, 3.8) is 0 Å². The smallest absolute Gasteiger partial charge is 0.0207 e. The van der Waals surface area contributed by atoms with E-state index < -0.39 is 0 Å². The largest absolute Gasteiger partial charge is 0.312 e. The average molecular weight is 194 g/mol. The fourth-order valence-corrected chi connectivity index (χ4v) is 2.21. The van der Waals surface area contributed by atoms with Crippen molar-refractivity contribution in [3.8, 4) is 0 Å². The molecule has 0 aromatic rings. The number of nitrogens with zero attached hydrogens (tertiary/aromatic N) is 1. The number of likely N-dealkylation sites (tertiary alicyclic amines) is 1. The summed E-state index contributed by atoms with van der Waals surface area (Å²) in [6.07, 6.45) is 5.35. The van der Waals surface area contributed by atoms with Gasteiger partial charge in [0.1, 0.15) is 0 Å². The van der Waals surface area contributed by atoms with E-state index in [1.807, 2.05) is 0 Å². The first-order valence-corrected chi connectivity index (χ1v) is 5.87. The molecule has 1 unspecified atom stereocenters. The molecule has 0 aromatic heterocycles. The van der Waals surface area contributed by atoms with Crippen molar-refractivity contribution >= 4 is 0 Å². The minimum absolute atomic E-state index is 0.745. The van der Waals surface area contributed by atoms with E-state index in [1.54, 1.807) is 0 Å². The zero-order valence-corrected chi connectivity index (χ0v) is 9.26. The Kier molecular flexibility index (Phi) is 3.24. The highest BCUT2D eigenvalue weighted by atomic mass is 15.2. The molecule has 0 radical (unpaired) electrons. The van der Waals surface area contributed by atoms with Gasteiger partial charge in [0, 0.05) is 25.2 Å². The summed E-state index contributed by atoms with van der Waals surface area (Å²) in [5.41, 5.74) is 1.29. The van der Waals surface area contributed by atoms with Crippen LogP contribution in [-0.4, -0.2) is 36.6 Å². The molecule has 1 heterocycles. The first-order valence-electron chi connectivity index (χ1n) is 5.87. The zero-order chi connectivity index (χ0) is 9.97. The van der Waals surface area contributed by atoms with Crippen LogP contribution in [0.15, 0.2) is 12.2 Å². The fourth-order valence-electron chi connectivity index (χ4n) is 2.21. The van der Waals surface area contributed by atoms with Gasteiger partial charge < -0.3 is 5.32 Å². The van der Waals surface area contributed by atoms with Gasteiger partial charge in [-0.05, 0) is 39.2 Å². The number of rotatable bonds is 5. The Labute approximate surface area is 87.4 Å². The second kappa shape index (κ2) is 4.45. The van der Waals surface area contributed by atoms with Crippen LogP contribution in [0.3, 0.4) is 0 Å². The topological polar surface area (TPSA) is 15.3 Å². The first kappa shape index (κ1) is 10.2. The summed E-state index contributed by atoms with van der Waals surface area (Å²) < 4.78 is 0. The van der Waals surface area contributed by atoms with Crippen LogP contribution in [0, 0.1) is 0 Å². The van der Waals surface area contributed by atoms with E-state index in [2.05, 4.69) is 23.7 Å². The van der Waals surface area contributed by atoms with Gasteiger partial charge in [-0.1, -0.05) is 5.57 Å². The predicted octanol–water partition coefficient (Wildman–Crippen LogP) is 1.78. The van der Waals surface area contributed by atoms with Crippen molar-refractivity contribution in [2.24, 2.45) is 0 Å². The molecular formula is C12H22N2. The van der Waals surface area contributed by atoms with Crippen LogP contribution >= 0.6 is 0 Å². The van der Waals surface area contributed by atoms with Gasteiger partial charge in [0.05, 0.1) is 0 Å². The Balaban J connectivity index is 1.60. The van der Waals surface area contributed by atoms with Gasteiger partial charge in [0.15, 0.2) is 0 Å². The maximum atomic E-state index is 3.92. The molecule has 0 spiro atoms. The summed E-state index contributed by atoms with van der Waals surface area (Å²) in [5.74, 6) is 0. The SMILES string of the molecule is C=C(C)CCNC1CCN(C2CC2)C1. The lowest BCUT2D eigenvalue weighted by Crippen LogP contribution is -2.33. The van der Waals surface area contributed by atoms with E-state index in [4.69, 9.17) is 0 Å². The maximum absolute atomic E-state index is 3.92. The summed E-state index contributed by atoms with van der Waals surface area (Å²) in [6, 6.07) is 1.69. The number of hydrogen-bond acceptors (Lipinski definition) is 2. The zero-order valence-electron chi connectivity index (χ0n) is 9.26. The number of hydrogen-bond donors (Lipinski definition) is 1. The standard InChI is InChI=1S/C12H22N2/c1-10(2)5-7-13-11-6-8-14(9-11)12-3-4-12/h11-13H,1,3-9H2,2H3. The third kappa shape index (κ3) is 2.82. The molecular weight excluding hydrogens is 172 g/mol. The molecule has 1 aliphatic carbocycles. The number of nitrogens with one attached hydrogen (secondary N) is 1. The molecule has 14 heavy (non-hydrogen) atoms. The Morgan fingerprint density at radius 2 is 2.21 bits per heavy atom. The lowest BCUT2D eigenvalue weighted by atomic mass is 10.2. The van der Waals surface area contributed by atoms with Crippen molar-refractivity contribution in [2.45, 2.75) is 44.7 Å². The van der Waals surface area contributed by atoms with Gasteiger partial charge >= 0.3 is 0 Å². The highest BCUT2D eigenvalue weighted by Crippen LogP contribution is 2.29. The molecule has 2 fully saturated rings. The van der Waals surface area contributed by atoms with Gasteiger partial charge in [-0.2, -0.15) is 0 Å². The van der Waals surface area contributed by atoms with Gasteiger partial charge in [-0.15, -0.1) is 6.58 Å². The van der Waals surface area contributed by atoms with E-state index in [-0.39, 0.29) is 0 Å². The molecule has 1 saturated carbocycles. The van der Waals surface area contributed by atoms with Crippen molar-refractivity contribution in [1.29, 1.82) is 0 Å². The lowest BCUT2D eigenvalue weighted by molar-refractivity contribution is 0.318. The van der Waals surface area contributed by atoms with Gasteiger partial charge in [0.25, 0.3) is 0 Å². The first-order chi connectivity index (χ1) is 6.75. The molecule has 2 aliphatic rings. The second-order valence-corrected chi connectivity index (χ2v) is 4.87. The van der Waals surface area contributed by atoms with Crippen molar-refractivity contribution in [2.75, 3.05) is 19.6 Å². The highest BCUT2D eigenvalue weighted by molar-refractivity contribution is 4.93. The van der Waals surface area contributed by atoms with Crippen LogP contribution in [0.5, 0.6) is 0 Å². The Morgan fingerprint density at radius 3 is 2.86 bits per heavy atom. The van der Waals surface area contributed by atoms with E-state index in [0.29, 0.717) is 0 Å². The van der Waals surface area contributed by atoms with Gasteiger partial charge in [-0.25, -0.2) is 0 Å². The molecule has 1 N–H and O–H groups in total. The molecule has 1 aliphatic heterocycles. The molecule has 1 atom stereocenters. The van der Waals surface area contributed by atoms with Gasteiger partial charge in [-0.3, -0.25) is 4.90 Å². The van der Waals surface area contributed by atoms with Crippen LogP contribution in [0.25, 0.3) is 0 Å². The van der Waals surface area contributed by atoms with Gasteiger partial charge in [0.2, 0.25) is 0 Å². The summed E-state index contributed by atoms with van der Waals surface area (Å²) in [6.45, 7) is 9.73. The van der Waals surface area contributed by atoms with Crippen LogP contribution in [0.4, 0.5) is 0 Å². The maximum Gasteiger partial charge on any atom is 0.0207 e. The van der Waals surface area contributed by atoms with E-state index in [9.17, 15) is 0 Å². The molecule has 2 heteroatoms. The molecule has 0 aromatic carbocycles. The van der Waals surface area contributed by atoms with E-state index in [0.717, 1.165) is 25.0 Å². The van der Waals surface area contributed by atoms with E-state index in [1.165, 1.54) is 37.9 Å². The molecule has 0 bridgehead atoms. The third-order valence-electron chi connectivity index (χ3n) is 3.27. The Hall–Kier alpha value is -0.340. The Bertz CT molecular complexity index is 208. The monoisotopic (exact) mass is 194 g/mol. The van der Waals surface area contributed by atoms with Crippen molar-refractivity contribution in [3.05, 3.63) is 12.2 Å². The molecule has 80 valence electrons. The summed E-state index contributed by atoms with van der Waals surface area (Å²) in [7, 11) is 0. The summed E-state index contributed by atoms with van der Waals surface area (Å²) in [5, 5.41) is 3.62. The minimum atomic E-state index is 0.745.